The number of rotatable bonds is 9. The van der Waals surface area contributed by atoms with Gasteiger partial charge >= 0.3 is 5.69 Å². The number of hydrogen-bond acceptors (Lipinski definition) is 9. The first-order chi connectivity index (χ1) is 13.1. The Bertz CT molecular complexity index is 871. The Labute approximate surface area is 155 Å². The van der Waals surface area contributed by atoms with E-state index in [0.717, 1.165) is 0 Å². The van der Waals surface area contributed by atoms with E-state index >= 15 is 0 Å². The fraction of sp³-hybridized carbons (Fsp3) is 0.294. The van der Waals surface area contributed by atoms with Gasteiger partial charge in [-0.25, -0.2) is 9.97 Å². The highest BCUT2D eigenvalue weighted by Gasteiger charge is 2.27. The Morgan fingerprint density at radius 1 is 1.26 bits per heavy atom. The fourth-order valence-electron chi connectivity index (χ4n) is 2.39. The maximum Gasteiger partial charge on any atom is 0.353 e. The van der Waals surface area contributed by atoms with Crippen molar-refractivity contribution in [3.63, 3.8) is 0 Å². The number of nitrogens with one attached hydrogen (secondary N) is 1. The quantitative estimate of drug-likeness (QED) is 0.523. The molecule has 0 atom stereocenters. The van der Waals surface area contributed by atoms with Gasteiger partial charge in [0.1, 0.15) is 12.1 Å². The van der Waals surface area contributed by atoms with Gasteiger partial charge in [0.05, 0.1) is 37.0 Å². The molecule has 0 bridgehead atoms. The van der Waals surface area contributed by atoms with Crippen LogP contribution in [0.5, 0.6) is 5.75 Å². The molecular formula is C17H17N7O3. The van der Waals surface area contributed by atoms with Gasteiger partial charge < -0.3 is 15.0 Å². The Kier molecular flexibility index (Phi) is 6.85. The number of aromatic nitrogens is 2. The Morgan fingerprint density at radius 2 is 1.96 bits per heavy atom. The number of ether oxygens (including phenoxy) is 1. The standard InChI is InChI=1S/C17H17N7O3/c1-27-14-6-2-5-13(11-14)22-16-15(24(25)26)17(21-12-20-16)23(9-3-7-18)10-4-8-19/h2,5-6,11-12H,3-4,9-10H2,1H3,(H,20,21,22). The summed E-state index contributed by atoms with van der Waals surface area (Å²) in [5.74, 6) is 0.657. The first-order valence-corrected chi connectivity index (χ1v) is 8.00. The number of anilines is 3. The van der Waals surface area contributed by atoms with Gasteiger partial charge in [0.2, 0.25) is 11.6 Å². The molecule has 10 nitrogen and oxygen atoms in total. The van der Waals surface area contributed by atoms with Crippen molar-refractivity contribution in [3.05, 3.63) is 40.7 Å². The van der Waals surface area contributed by atoms with Crippen LogP contribution in [0.4, 0.5) is 23.0 Å². The Morgan fingerprint density at radius 3 is 2.56 bits per heavy atom. The monoisotopic (exact) mass is 367 g/mol. The van der Waals surface area contributed by atoms with Crippen LogP contribution in [0.1, 0.15) is 12.8 Å². The predicted molar refractivity (Wildman–Crippen MR) is 97.6 cm³/mol. The summed E-state index contributed by atoms with van der Waals surface area (Å²) in [6.45, 7) is 0.434. The van der Waals surface area contributed by atoms with E-state index in [1.54, 1.807) is 29.2 Å². The van der Waals surface area contributed by atoms with Gasteiger partial charge in [-0.15, -0.1) is 0 Å². The van der Waals surface area contributed by atoms with Crippen LogP contribution in [0, 0.1) is 32.8 Å². The normalized spacial score (nSPS) is 9.74. The summed E-state index contributed by atoms with van der Waals surface area (Å²) in [7, 11) is 1.52. The maximum atomic E-state index is 11.7. The van der Waals surface area contributed by atoms with Crippen LogP contribution in [0.3, 0.4) is 0 Å². The fourth-order valence-corrected chi connectivity index (χ4v) is 2.39. The highest BCUT2D eigenvalue weighted by Crippen LogP contribution is 2.34. The molecule has 27 heavy (non-hydrogen) atoms. The largest absolute Gasteiger partial charge is 0.497 e. The van der Waals surface area contributed by atoms with Crippen LogP contribution in [-0.4, -0.2) is 35.1 Å². The highest BCUT2D eigenvalue weighted by molar-refractivity contribution is 5.74. The van der Waals surface area contributed by atoms with Crippen molar-refractivity contribution in [3.8, 4) is 17.9 Å². The van der Waals surface area contributed by atoms with Gasteiger partial charge in [-0.05, 0) is 12.1 Å². The van der Waals surface area contributed by atoms with E-state index in [4.69, 9.17) is 15.3 Å². The molecule has 2 aromatic rings. The summed E-state index contributed by atoms with van der Waals surface area (Å²) < 4.78 is 5.14. The smallest absolute Gasteiger partial charge is 0.353 e. The minimum atomic E-state index is -0.580. The van der Waals surface area contributed by atoms with Crippen molar-refractivity contribution < 1.29 is 9.66 Å². The first-order valence-electron chi connectivity index (χ1n) is 8.00. The molecule has 138 valence electrons. The van der Waals surface area contributed by atoms with E-state index in [2.05, 4.69) is 15.3 Å². The number of nitrogens with zero attached hydrogens (tertiary/aromatic N) is 6. The molecule has 0 aliphatic rings. The van der Waals surface area contributed by atoms with Crippen molar-refractivity contribution in [2.75, 3.05) is 30.4 Å². The lowest BCUT2D eigenvalue weighted by molar-refractivity contribution is -0.383. The van der Waals surface area contributed by atoms with E-state index in [9.17, 15) is 10.1 Å². The van der Waals surface area contributed by atoms with Gasteiger partial charge in [0, 0.05) is 24.8 Å². The van der Waals surface area contributed by atoms with Crippen molar-refractivity contribution in [2.24, 2.45) is 0 Å². The summed E-state index contributed by atoms with van der Waals surface area (Å²) in [6, 6.07) is 10.9. The molecule has 0 fully saturated rings. The molecule has 1 heterocycles. The van der Waals surface area contributed by atoms with Crippen molar-refractivity contribution in [1.82, 2.24) is 9.97 Å². The molecule has 2 rings (SSSR count). The SMILES string of the molecule is COc1cccc(Nc2ncnc(N(CCC#N)CCC#N)c2[N+](=O)[O-])c1. The van der Waals surface area contributed by atoms with Gasteiger partial charge in [-0.1, -0.05) is 6.07 Å². The van der Waals surface area contributed by atoms with Crippen LogP contribution in [0.25, 0.3) is 0 Å². The molecule has 0 amide bonds. The Hall–Kier alpha value is -3.92. The van der Waals surface area contributed by atoms with Crippen LogP contribution in [0.2, 0.25) is 0 Å². The molecule has 0 aliphatic carbocycles. The van der Waals surface area contributed by atoms with Gasteiger partial charge in [-0.2, -0.15) is 10.5 Å². The second kappa shape index (κ2) is 9.53. The minimum absolute atomic E-state index is 0.0113. The summed E-state index contributed by atoms with van der Waals surface area (Å²) >= 11 is 0. The topological polar surface area (TPSA) is 141 Å². The number of hydrogen-bond donors (Lipinski definition) is 1. The molecule has 0 saturated carbocycles. The molecule has 0 radical (unpaired) electrons. The number of benzene rings is 1. The maximum absolute atomic E-state index is 11.7. The van der Waals surface area contributed by atoms with Gasteiger partial charge in [0.25, 0.3) is 0 Å². The Balaban J connectivity index is 2.44. The lowest BCUT2D eigenvalue weighted by atomic mass is 10.2. The molecule has 0 unspecified atom stereocenters. The van der Waals surface area contributed by atoms with Crippen LogP contribution < -0.4 is 15.0 Å². The molecule has 1 N–H and O–H groups in total. The first kappa shape index (κ1) is 19.4. The lowest BCUT2D eigenvalue weighted by Crippen LogP contribution is -2.27. The van der Waals surface area contributed by atoms with E-state index < -0.39 is 4.92 Å². The van der Waals surface area contributed by atoms with E-state index in [1.807, 2.05) is 12.1 Å². The summed E-state index contributed by atoms with van der Waals surface area (Å²) in [6.07, 6.45) is 1.49. The van der Waals surface area contributed by atoms with Crippen molar-refractivity contribution in [1.29, 1.82) is 10.5 Å². The summed E-state index contributed by atoms with van der Waals surface area (Å²) in [5, 5.41) is 32.3. The van der Waals surface area contributed by atoms with Crippen LogP contribution >= 0.6 is 0 Å². The molecule has 10 heteroatoms. The molecule has 0 aliphatic heterocycles. The summed E-state index contributed by atoms with van der Waals surface area (Å²) in [4.78, 5) is 20.7. The molecule has 0 spiro atoms. The number of methoxy groups -OCH3 is 1. The second-order valence-electron chi connectivity index (χ2n) is 5.31. The van der Waals surface area contributed by atoms with Crippen molar-refractivity contribution in [2.45, 2.75) is 12.8 Å². The zero-order valence-electron chi connectivity index (χ0n) is 14.6. The number of nitro groups is 1. The van der Waals surface area contributed by atoms with Gasteiger partial charge in [-0.3, -0.25) is 10.1 Å². The molecule has 1 aromatic heterocycles. The van der Waals surface area contributed by atoms with Crippen molar-refractivity contribution >= 4 is 23.0 Å². The molecule has 1 aromatic carbocycles. The summed E-state index contributed by atoms with van der Waals surface area (Å²) in [5.41, 5.74) is 0.235. The average Bonchev–Trinajstić information content (AvgIpc) is 2.68. The third-order valence-electron chi connectivity index (χ3n) is 3.60. The molecular weight excluding hydrogens is 350 g/mol. The van der Waals surface area contributed by atoms with Crippen LogP contribution in [0.15, 0.2) is 30.6 Å². The third-order valence-corrected chi connectivity index (χ3v) is 3.60. The zero-order valence-corrected chi connectivity index (χ0v) is 14.6. The molecule has 0 saturated heterocycles. The van der Waals surface area contributed by atoms with Crippen LogP contribution in [-0.2, 0) is 0 Å². The average molecular weight is 367 g/mol. The minimum Gasteiger partial charge on any atom is -0.497 e. The third kappa shape index (κ3) is 5.03. The highest BCUT2D eigenvalue weighted by atomic mass is 16.6. The number of nitriles is 2. The van der Waals surface area contributed by atoms with E-state index in [-0.39, 0.29) is 43.3 Å². The lowest BCUT2D eigenvalue weighted by Gasteiger charge is -2.21. The van der Waals surface area contributed by atoms with Gasteiger partial charge in [0.15, 0.2) is 0 Å². The second-order valence-corrected chi connectivity index (χ2v) is 5.31. The van der Waals surface area contributed by atoms with E-state index in [0.29, 0.717) is 11.4 Å². The zero-order chi connectivity index (χ0) is 19.6. The predicted octanol–water partition coefficient (Wildman–Crippen LogP) is 2.77. The van der Waals surface area contributed by atoms with E-state index in [1.165, 1.54) is 13.4 Å².